The third-order valence-corrected chi connectivity index (χ3v) is 3.29. The maximum atomic E-state index is 11.9. The molecule has 0 saturated carbocycles. The van der Waals surface area contributed by atoms with E-state index in [1.165, 1.54) is 19.1 Å². The second-order valence-corrected chi connectivity index (χ2v) is 5.17. The first kappa shape index (κ1) is 14.4. The fourth-order valence-electron chi connectivity index (χ4n) is 1.62. The third-order valence-electron chi connectivity index (χ3n) is 2.47. The number of benzene rings is 1. The van der Waals surface area contributed by atoms with Gasteiger partial charge in [-0.15, -0.1) is 0 Å². The maximum Gasteiger partial charge on any atom is 0.365 e. The van der Waals surface area contributed by atoms with E-state index < -0.39 is 27.7 Å². The number of nitrogens with one attached hydrogen (secondary N) is 1. The number of imide groups is 1. The van der Waals surface area contributed by atoms with Gasteiger partial charge < -0.3 is 10.2 Å². The average Bonchev–Trinajstić information content (AvgIpc) is 2.64. The molecule has 0 fully saturated rings. The van der Waals surface area contributed by atoms with E-state index in [2.05, 4.69) is 5.32 Å². The quantitative estimate of drug-likeness (QED) is 0.355. The summed E-state index contributed by atoms with van der Waals surface area (Å²) < 4.78 is -0.991. The molecule has 20 heavy (non-hydrogen) atoms. The van der Waals surface area contributed by atoms with Crippen molar-refractivity contribution in [3.63, 3.8) is 0 Å². The number of rotatable bonds is 3. The first-order valence-corrected chi connectivity index (χ1v) is 6.77. The van der Waals surface area contributed by atoms with Crippen molar-refractivity contribution in [3.05, 3.63) is 35.4 Å². The van der Waals surface area contributed by atoms with E-state index in [0.717, 1.165) is 0 Å². The lowest BCUT2D eigenvalue weighted by Gasteiger charge is -2.15. The molecule has 0 saturated heterocycles. The third kappa shape index (κ3) is 2.64. The number of carbonyl (C=O) groups is 4. The minimum absolute atomic E-state index is 0.176. The first-order valence-electron chi connectivity index (χ1n) is 5.52. The molecule has 1 atom stereocenters. The average molecular weight is 388 g/mol. The van der Waals surface area contributed by atoms with Crippen LogP contribution in [0, 0.1) is 0 Å². The van der Waals surface area contributed by atoms with Crippen molar-refractivity contribution < 1.29 is 24.0 Å². The molecule has 1 N–H and O–H groups in total. The van der Waals surface area contributed by atoms with Gasteiger partial charge in [0.05, 0.1) is 11.1 Å². The zero-order valence-corrected chi connectivity index (χ0v) is 12.4. The zero-order chi connectivity index (χ0) is 14.9. The summed E-state index contributed by atoms with van der Waals surface area (Å²) in [5, 5.41) is 2.69. The number of hydrogen-bond donors (Lipinski definition) is 1. The van der Waals surface area contributed by atoms with Crippen LogP contribution in [-0.4, -0.2) is 32.8 Å². The molecule has 0 spiro atoms. The Labute approximate surface area is 127 Å². The Bertz CT molecular complexity index is 581. The smallest absolute Gasteiger partial charge is 0.335 e. The highest BCUT2D eigenvalue weighted by molar-refractivity contribution is 14.1. The Morgan fingerprint density at radius 3 is 2.15 bits per heavy atom. The van der Waals surface area contributed by atoms with E-state index in [1.807, 2.05) is 0 Å². The molecule has 104 valence electrons. The molecule has 7 nitrogen and oxygen atoms in total. The summed E-state index contributed by atoms with van der Waals surface area (Å²) in [4.78, 5) is 51.1. The maximum absolute atomic E-state index is 11.9. The number of nitrogens with zero attached hydrogens (tertiary/aromatic N) is 1. The molecule has 1 aromatic rings. The minimum Gasteiger partial charge on any atom is -0.335 e. The molecule has 0 aliphatic carbocycles. The van der Waals surface area contributed by atoms with Gasteiger partial charge in [0, 0.05) is 6.92 Å². The van der Waals surface area contributed by atoms with Gasteiger partial charge in [0.1, 0.15) is 0 Å². The molecule has 1 aliphatic heterocycles. The van der Waals surface area contributed by atoms with Crippen LogP contribution < -0.4 is 5.32 Å². The van der Waals surface area contributed by atoms with Crippen LogP contribution in [0.1, 0.15) is 27.6 Å². The normalized spacial score (nSPS) is 14.8. The van der Waals surface area contributed by atoms with Crippen molar-refractivity contribution >= 4 is 46.3 Å². The van der Waals surface area contributed by atoms with Crippen LogP contribution >= 0.6 is 22.6 Å². The van der Waals surface area contributed by atoms with Crippen LogP contribution in [0.2, 0.25) is 0 Å². The SMILES string of the molecule is CC(=O)NC(I)C(=O)ON1C(=O)c2ccccc2C1=O. The lowest BCUT2D eigenvalue weighted by molar-refractivity contribution is -0.168. The highest BCUT2D eigenvalue weighted by atomic mass is 127. The largest absolute Gasteiger partial charge is 0.365 e. The summed E-state index contributed by atoms with van der Waals surface area (Å²) in [7, 11) is 0. The Kier molecular flexibility index (Phi) is 4.02. The molecule has 8 heteroatoms. The fraction of sp³-hybridized carbons (Fsp3) is 0.167. The second-order valence-electron chi connectivity index (χ2n) is 3.92. The fourth-order valence-corrected chi connectivity index (χ4v) is 2.18. The number of alkyl halides is 1. The summed E-state index contributed by atoms with van der Waals surface area (Å²) in [5.41, 5.74) is 0.352. The van der Waals surface area contributed by atoms with Crippen LogP contribution in [0.25, 0.3) is 0 Å². The van der Waals surface area contributed by atoms with Gasteiger partial charge in [0.25, 0.3) is 11.8 Å². The predicted octanol–water partition coefficient (Wildman–Crippen LogP) is 0.638. The number of amides is 3. The molecule has 1 aliphatic rings. The summed E-state index contributed by atoms with van der Waals surface area (Å²) in [6.07, 6.45) is 0. The topological polar surface area (TPSA) is 92.8 Å². The monoisotopic (exact) mass is 388 g/mol. The van der Waals surface area contributed by atoms with Gasteiger partial charge in [-0.25, -0.2) is 4.79 Å². The van der Waals surface area contributed by atoms with E-state index >= 15 is 0 Å². The van der Waals surface area contributed by atoms with Crippen molar-refractivity contribution in [2.24, 2.45) is 0 Å². The second kappa shape index (κ2) is 5.57. The van der Waals surface area contributed by atoms with Gasteiger partial charge in [-0.05, 0) is 34.7 Å². The molecular formula is C12H9IN2O5. The van der Waals surface area contributed by atoms with Crippen molar-refractivity contribution in [3.8, 4) is 0 Å². The standard InChI is InChI=1S/C12H9IN2O5/c1-6(16)14-9(13)12(19)20-15-10(17)7-4-2-3-5-8(7)11(15)18/h2-5,9H,1H3,(H,14,16). The number of hydrogen-bond acceptors (Lipinski definition) is 5. The van der Waals surface area contributed by atoms with E-state index in [4.69, 9.17) is 4.84 Å². The van der Waals surface area contributed by atoms with Gasteiger partial charge in [0.15, 0.2) is 4.05 Å². The number of carbonyl (C=O) groups excluding carboxylic acids is 4. The summed E-state index contributed by atoms with van der Waals surface area (Å²) in [6, 6.07) is 6.15. The molecule has 1 aromatic carbocycles. The van der Waals surface area contributed by atoms with E-state index in [-0.39, 0.29) is 11.1 Å². The van der Waals surface area contributed by atoms with E-state index in [1.54, 1.807) is 34.7 Å². The van der Waals surface area contributed by atoms with Crippen molar-refractivity contribution in [1.82, 2.24) is 10.4 Å². The molecule has 1 unspecified atom stereocenters. The molecule has 2 rings (SSSR count). The molecule has 1 heterocycles. The number of halogens is 1. The van der Waals surface area contributed by atoms with Crippen molar-refractivity contribution in [2.45, 2.75) is 11.0 Å². The van der Waals surface area contributed by atoms with Crippen LogP contribution in [0.5, 0.6) is 0 Å². The van der Waals surface area contributed by atoms with Crippen LogP contribution in [0.4, 0.5) is 0 Å². The first-order chi connectivity index (χ1) is 9.41. The summed E-state index contributed by atoms with van der Waals surface area (Å²) >= 11 is 1.63. The predicted molar refractivity (Wildman–Crippen MR) is 74.7 cm³/mol. The Morgan fingerprint density at radius 1 is 1.20 bits per heavy atom. The van der Waals surface area contributed by atoms with Gasteiger partial charge in [-0.2, -0.15) is 0 Å². The highest BCUT2D eigenvalue weighted by Crippen LogP contribution is 2.23. The van der Waals surface area contributed by atoms with Gasteiger partial charge >= 0.3 is 5.97 Å². The molecule has 0 aromatic heterocycles. The van der Waals surface area contributed by atoms with Gasteiger partial charge in [-0.3, -0.25) is 14.4 Å². The van der Waals surface area contributed by atoms with Gasteiger partial charge in [0.2, 0.25) is 5.91 Å². The van der Waals surface area contributed by atoms with Crippen LogP contribution in [0.15, 0.2) is 24.3 Å². The summed E-state index contributed by atoms with van der Waals surface area (Å²) in [5.74, 6) is -2.74. The molecular weight excluding hydrogens is 379 g/mol. The van der Waals surface area contributed by atoms with E-state index in [9.17, 15) is 19.2 Å². The lowest BCUT2D eigenvalue weighted by atomic mass is 10.1. The lowest BCUT2D eigenvalue weighted by Crippen LogP contribution is -2.41. The van der Waals surface area contributed by atoms with Crippen molar-refractivity contribution in [2.75, 3.05) is 0 Å². The Balaban J connectivity index is 2.13. The molecule has 0 radical (unpaired) electrons. The molecule has 3 amide bonds. The summed E-state index contributed by atoms with van der Waals surface area (Å²) in [6.45, 7) is 1.24. The van der Waals surface area contributed by atoms with Gasteiger partial charge in [-0.1, -0.05) is 17.2 Å². The number of fused-ring (bicyclic) bond motifs is 1. The Hall–Kier alpha value is -1.97. The zero-order valence-electron chi connectivity index (χ0n) is 10.3. The van der Waals surface area contributed by atoms with Crippen LogP contribution in [-0.2, 0) is 14.4 Å². The van der Waals surface area contributed by atoms with E-state index in [0.29, 0.717) is 5.06 Å². The highest BCUT2D eigenvalue weighted by Gasteiger charge is 2.39. The minimum atomic E-state index is -0.991. The molecule has 0 bridgehead atoms. The van der Waals surface area contributed by atoms with Crippen LogP contribution in [0.3, 0.4) is 0 Å². The van der Waals surface area contributed by atoms with Crippen molar-refractivity contribution in [1.29, 1.82) is 0 Å². The number of hydroxylamine groups is 2. The Morgan fingerprint density at radius 2 is 1.70 bits per heavy atom.